The normalized spacial score (nSPS) is 11.7. The van der Waals surface area contributed by atoms with Crippen molar-refractivity contribution >= 4 is 17.5 Å². The van der Waals surface area contributed by atoms with Gasteiger partial charge in [-0.05, 0) is 30.3 Å². The molecule has 0 aromatic heterocycles. The van der Waals surface area contributed by atoms with Crippen LogP contribution in [0.25, 0.3) is 0 Å². The van der Waals surface area contributed by atoms with Gasteiger partial charge in [-0.3, -0.25) is 9.59 Å². The zero-order valence-electron chi connectivity index (χ0n) is 14.4. The molecule has 0 unspecified atom stereocenters. The van der Waals surface area contributed by atoms with E-state index in [1.165, 1.54) is 0 Å². The summed E-state index contributed by atoms with van der Waals surface area (Å²) in [6.45, 7) is 2.65. The van der Waals surface area contributed by atoms with Gasteiger partial charge in [0, 0.05) is 23.7 Å². The number of ether oxygens (including phenoxy) is 3. The summed E-state index contributed by atoms with van der Waals surface area (Å²) >= 11 is 0. The Morgan fingerprint density at radius 1 is 1.12 bits per heavy atom. The lowest BCUT2D eigenvalue weighted by Gasteiger charge is -2.09. The lowest BCUT2D eigenvalue weighted by molar-refractivity contribution is -0.115. The van der Waals surface area contributed by atoms with Gasteiger partial charge in [-0.25, -0.2) is 0 Å². The molecule has 7 heteroatoms. The molecule has 0 saturated heterocycles. The Morgan fingerprint density at radius 3 is 2.81 bits per heavy atom. The standard InChI is InChI=1S/C19H20N2O5/c1-2-18(22)21-14-5-3-4-13(10-14)19(23)20-8-9-24-15-6-7-16-17(11-15)26-12-25-16/h3-7,10-11H,2,8-9,12H2,1H3,(H,20,23)(H,21,22). The van der Waals surface area contributed by atoms with Crippen molar-refractivity contribution < 1.29 is 23.8 Å². The van der Waals surface area contributed by atoms with Crippen molar-refractivity contribution in [1.82, 2.24) is 5.32 Å². The average molecular weight is 356 g/mol. The van der Waals surface area contributed by atoms with Gasteiger partial charge in [0.05, 0.1) is 6.54 Å². The molecule has 0 fully saturated rings. The quantitative estimate of drug-likeness (QED) is 0.745. The molecule has 136 valence electrons. The third-order valence-corrected chi connectivity index (χ3v) is 3.73. The zero-order valence-corrected chi connectivity index (χ0v) is 14.4. The minimum absolute atomic E-state index is 0.0975. The van der Waals surface area contributed by atoms with Crippen molar-refractivity contribution in [1.29, 1.82) is 0 Å². The first kappa shape index (κ1) is 17.6. The first-order valence-corrected chi connectivity index (χ1v) is 8.36. The molecular weight excluding hydrogens is 336 g/mol. The SMILES string of the molecule is CCC(=O)Nc1cccc(C(=O)NCCOc2ccc3c(c2)OCO3)c1. The van der Waals surface area contributed by atoms with Crippen LogP contribution in [0.5, 0.6) is 17.2 Å². The topological polar surface area (TPSA) is 85.9 Å². The second-order valence-electron chi connectivity index (χ2n) is 5.60. The van der Waals surface area contributed by atoms with E-state index in [2.05, 4.69) is 10.6 Å². The number of rotatable bonds is 7. The van der Waals surface area contributed by atoms with E-state index in [9.17, 15) is 9.59 Å². The molecular formula is C19H20N2O5. The smallest absolute Gasteiger partial charge is 0.251 e. The fourth-order valence-corrected chi connectivity index (χ4v) is 2.39. The monoisotopic (exact) mass is 356 g/mol. The predicted octanol–water partition coefficient (Wildman–Crippen LogP) is 2.57. The summed E-state index contributed by atoms with van der Waals surface area (Å²) < 4.78 is 16.1. The summed E-state index contributed by atoms with van der Waals surface area (Å²) in [5.41, 5.74) is 1.07. The van der Waals surface area contributed by atoms with Crippen molar-refractivity contribution in [3.8, 4) is 17.2 Å². The molecule has 2 aromatic carbocycles. The highest BCUT2D eigenvalue weighted by molar-refractivity contribution is 5.97. The van der Waals surface area contributed by atoms with Gasteiger partial charge in [0.1, 0.15) is 12.4 Å². The van der Waals surface area contributed by atoms with Crippen LogP contribution in [0.2, 0.25) is 0 Å². The fourth-order valence-electron chi connectivity index (χ4n) is 2.39. The maximum Gasteiger partial charge on any atom is 0.251 e. The van der Waals surface area contributed by atoms with Gasteiger partial charge in [-0.1, -0.05) is 13.0 Å². The Hall–Kier alpha value is -3.22. The number of carbonyl (C=O) groups is 2. The first-order valence-electron chi connectivity index (χ1n) is 8.36. The molecule has 1 aliphatic rings. The second kappa shape index (κ2) is 8.24. The van der Waals surface area contributed by atoms with Crippen molar-refractivity contribution in [2.75, 3.05) is 25.3 Å². The van der Waals surface area contributed by atoms with Gasteiger partial charge in [-0.2, -0.15) is 0 Å². The van der Waals surface area contributed by atoms with E-state index in [1.807, 2.05) is 0 Å². The van der Waals surface area contributed by atoms with Crippen molar-refractivity contribution in [2.45, 2.75) is 13.3 Å². The van der Waals surface area contributed by atoms with E-state index < -0.39 is 0 Å². The molecule has 0 bridgehead atoms. The Labute approximate surface area is 151 Å². The summed E-state index contributed by atoms with van der Waals surface area (Å²) in [7, 11) is 0. The van der Waals surface area contributed by atoms with Crippen LogP contribution in [-0.2, 0) is 4.79 Å². The van der Waals surface area contributed by atoms with Gasteiger partial charge in [0.2, 0.25) is 12.7 Å². The van der Waals surface area contributed by atoms with Crippen molar-refractivity contribution in [3.63, 3.8) is 0 Å². The molecule has 1 aliphatic heterocycles. The molecule has 0 aliphatic carbocycles. The third-order valence-electron chi connectivity index (χ3n) is 3.73. The van der Waals surface area contributed by atoms with Crippen LogP contribution >= 0.6 is 0 Å². The van der Waals surface area contributed by atoms with Gasteiger partial charge in [0.15, 0.2) is 11.5 Å². The van der Waals surface area contributed by atoms with E-state index in [0.717, 1.165) is 0 Å². The van der Waals surface area contributed by atoms with E-state index in [1.54, 1.807) is 49.4 Å². The number of anilines is 1. The molecule has 26 heavy (non-hydrogen) atoms. The number of amides is 2. The molecule has 1 heterocycles. The van der Waals surface area contributed by atoms with Crippen LogP contribution in [0.3, 0.4) is 0 Å². The molecule has 0 spiro atoms. The minimum Gasteiger partial charge on any atom is -0.492 e. The van der Waals surface area contributed by atoms with Crippen LogP contribution in [0.4, 0.5) is 5.69 Å². The number of nitrogens with one attached hydrogen (secondary N) is 2. The van der Waals surface area contributed by atoms with Gasteiger partial charge < -0.3 is 24.8 Å². The molecule has 2 aromatic rings. The predicted molar refractivity (Wildman–Crippen MR) is 95.8 cm³/mol. The highest BCUT2D eigenvalue weighted by atomic mass is 16.7. The van der Waals surface area contributed by atoms with E-state index in [-0.39, 0.29) is 18.6 Å². The fraction of sp³-hybridized carbons (Fsp3) is 0.263. The first-order chi connectivity index (χ1) is 12.7. The van der Waals surface area contributed by atoms with Crippen molar-refractivity contribution in [2.24, 2.45) is 0 Å². The molecule has 2 amide bonds. The summed E-state index contributed by atoms with van der Waals surface area (Å²) in [4.78, 5) is 23.6. The number of hydrogen-bond acceptors (Lipinski definition) is 5. The highest BCUT2D eigenvalue weighted by Crippen LogP contribution is 2.34. The summed E-state index contributed by atoms with van der Waals surface area (Å²) in [6, 6.07) is 12.1. The van der Waals surface area contributed by atoms with E-state index >= 15 is 0 Å². The molecule has 7 nitrogen and oxygen atoms in total. The summed E-state index contributed by atoms with van der Waals surface area (Å²) in [6.07, 6.45) is 0.383. The minimum atomic E-state index is -0.230. The maximum atomic E-state index is 12.2. The van der Waals surface area contributed by atoms with Crippen LogP contribution in [-0.4, -0.2) is 31.8 Å². The molecule has 0 saturated carbocycles. The molecule has 0 atom stereocenters. The van der Waals surface area contributed by atoms with Crippen LogP contribution in [0, 0.1) is 0 Å². The number of benzene rings is 2. The van der Waals surface area contributed by atoms with Crippen LogP contribution in [0.1, 0.15) is 23.7 Å². The van der Waals surface area contributed by atoms with Gasteiger partial charge >= 0.3 is 0 Å². The van der Waals surface area contributed by atoms with E-state index in [4.69, 9.17) is 14.2 Å². The molecule has 3 rings (SSSR count). The Balaban J connectivity index is 1.47. The average Bonchev–Trinajstić information content (AvgIpc) is 3.13. The highest BCUT2D eigenvalue weighted by Gasteiger charge is 2.13. The van der Waals surface area contributed by atoms with Gasteiger partial charge in [-0.15, -0.1) is 0 Å². The molecule has 0 radical (unpaired) electrons. The van der Waals surface area contributed by atoms with Crippen molar-refractivity contribution in [3.05, 3.63) is 48.0 Å². The number of fused-ring (bicyclic) bond motifs is 1. The Bertz CT molecular complexity index is 806. The summed E-state index contributed by atoms with van der Waals surface area (Å²) in [5, 5.41) is 5.51. The number of carbonyl (C=O) groups excluding carboxylic acids is 2. The largest absolute Gasteiger partial charge is 0.492 e. The van der Waals surface area contributed by atoms with Gasteiger partial charge in [0.25, 0.3) is 5.91 Å². The number of hydrogen-bond donors (Lipinski definition) is 2. The lowest BCUT2D eigenvalue weighted by atomic mass is 10.2. The summed E-state index contributed by atoms with van der Waals surface area (Å²) in [5.74, 6) is 1.66. The Morgan fingerprint density at radius 2 is 1.96 bits per heavy atom. The van der Waals surface area contributed by atoms with Crippen LogP contribution in [0.15, 0.2) is 42.5 Å². The molecule has 2 N–H and O–H groups in total. The van der Waals surface area contributed by atoms with E-state index in [0.29, 0.717) is 48.1 Å². The lowest BCUT2D eigenvalue weighted by Crippen LogP contribution is -2.28. The second-order valence-corrected chi connectivity index (χ2v) is 5.60. The third kappa shape index (κ3) is 4.44. The maximum absolute atomic E-state index is 12.2. The zero-order chi connectivity index (χ0) is 18.4. The van der Waals surface area contributed by atoms with Crippen LogP contribution < -0.4 is 24.8 Å². The Kier molecular flexibility index (Phi) is 5.58.